The Balaban J connectivity index is 2.34. The van der Waals surface area contributed by atoms with Crippen molar-refractivity contribution in [1.29, 1.82) is 0 Å². The van der Waals surface area contributed by atoms with Gasteiger partial charge in [0, 0.05) is 30.5 Å². The molecular formula is C11H14N2O4S2. The molecule has 1 aliphatic heterocycles. The lowest BCUT2D eigenvalue weighted by Gasteiger charge is -2.34. The Hall–Kier alpha value is -1.28. The van der Waals surface area contributed by atoms with Gasteiger partial charge < -0.3 is 10.0 Å². The average Bonchev–Trinajstić information content (AvgIpc) is 2.37. The molecule has 1 fully saturated rings. The summed E-state index contributed by atoms with van der Waals surface area (Å²) >= 11 is 1.50. The molecule has 1 atom stereocenters. The summed E-state index contributed by atoms with van der Waals surface area (Å²) in [4.78, 5) is 17.3. The third-order valence-electron chi connectivity index (χ3n) is 2.87. The Bertz CT molecular complexity index is 588. The minimum atomic E-state index is -3.35. The van der Waals surface area contributed by atoms with Gasteiger partial charge in [-0.3, -0.25) is 9.78 Å². The van der Waals surface area contributed by atoms with E-state index >= 15 is 0 Å². The number of carbonyl (C=O) groups is 1. The Labute approximate surface area is 115 Å². The monoisotopic (exact) mass is 302 g/mol. The number of amides is 1. The van der Waals surface area contributed by atoms with Gasteiger partial charge in [0.05, 0.1) is 11.8 Å². The van der Waals surface area contributed by atoms with Crippen molar-refractivity contribution in [1.82, 2.24) is 9.88 Å². The second-order valence-electron chi connectivity index (χ2n) is 4.25. The Morgan fingerprint density at radius 3 is 2.95 bits per heavy atom. The van der Waals surface area contributed by atoms with E-state index in [0.29, 0.717) is 18.1 Å². The molecule has 6 nitrogen and oxygen atoms in total. The number of hydrogen-bond acceptors (Lipinski definition) is 6. The zero-order chi connectivity index (χ0) is 14.0. The van der Waals surface area contributed by atoms with Crippen LogP contribution in [0.4, 0.5) is 0 Å². The number of rotatable bonds is 2. The first-order valence-corrected chi connectivity index (χ1v) is 8.72. The van der Waals surface area contributed by atoms with E-state index in [1.54, 1.807) is 0 Å². The summed E-state index contributed by atoms with van der Waals surface area (Å²) in [6.45, 7) is 0.350. The van der Waals surface area contributed by atoms with Crippen LogP contribution in [0.5, 0.6) is 5.75 Å². The maximum atomic E-state index is 12.3. The van der Waals surface area contributed by atoms with Crippen molar-refractivity contribution in [3.05, 3.63) is 24.0 Å². The van der Waals surface area contributed by atoms with Crippen LogP contribution in [-0.4, -0.2) is 59.0 Å². The summed E-state index contributed by atoms with van der Waals surface area (Å²) in [6.07, 6.45) is 3.68. The normalized spacial score (nSPS) is 20.3. The highest BCUT2D eigenvalue weighted by Gasteiger charge is 2.35. The van der Waals surface area contributed by atoms with Gasteiger partial charge in [-0.05, 0) is 6.07 Å². The molecule has 0 aromatic carbocycles. The van der Waals surface area contributed by atoms with Crippen molar-refractivity contribution in [3.8, 4) is 5.75 Å². The van der Waals surface area contributed by atoms with Crippen LogP contribution in [0.15, 0.2) is 18.5 Å². The van der Waals surface area contributed by atoms with E-state index in [2.05, 4.69) is 4.98 Å². The molecule has 8 heteroatoms. The van der Waals surface area contributed by atoms with E-state index in [0.717, 1.165) is 6.26 Å². The smallest absolute Gasteiger partial charge is 0.258 e. The Morgan fingerprint density at radius 2 is 2.32 bits per heavy atom. The highest BCUT2D eigenvalue weighted by atomic mass is 32.2. The predicted molar refractivity (Wildman–Crippen MR) is 72.9 cm³/mol. The fourth-order valence-electron chi connectivity index (χ4n) is 1.89. The SMILES string of the molecule is CS(=O)(=O)C1CSCCN1C(=O)c1ccncc1O. The van der Waals surface area contributed by atoms with Crippen LogP contribution in [0.3, 0.4) is 0 Å². The molecule has 1 unspecified atom stereocenters. The summed E-state index contributed by atoms with van der Waals surface area (Å²) in [5, 5.41) is 8.79. The molecular weight excluding hydrogens is 288 g/mol. The van der Waals surface area contributed by atoms with Gasteiger partial charge in [0.25, 0.3) is 5.91 Å². The number of pyridine rings is 1. The fourth-order valence-corrected chi connectivity index (χ4v) is 4.70. The molecule has 1 amide bonds. The Kier molecular flexibility index (Phi) is 4.00. The van der Waals surface area contributed by atoms with E-state index in [-0.39, 0.29) is 11.3 Å². The Morgan fingerprint density at radius 1 is 1.58 bits per heavy atom. The largest absolute Gasteiger partial charge is 0.505 e. The van der Waals surface area contributed by atoms with E-state index < -0.39 is 21.1 Å². The summed E-state index contributed by atoms with van der Waals surface area (Å²) in [6, 6.07) is 1.39. The molecule has 0 bridgehead atoms. The van der Waals surface area contributed by atoms with E-state index in [4.69, 9.17) is 0 Å². The molecule has 1 N–H and O–H groups in total. The fraction of sp³-hybridized carbons (Fsp3) is 0.455. The second kappa shape index (κ2) is 5.38. The standard InChI is InChI=1S/C11H14N2O4S2/c1-19(16,17)10-7-18-5-4-13(10)11(15)8-2-3-12-6-9(8)14/h2-3,6,10,14H,4-5,7H2,1H3. The van der Waals surface area contributed by atoms with Gasteiger partial charge in [-0.2, -0.15) is 11.8 Å². The highest BCUT2D eigenvalue weighted by molar-refractivity contribution is 8.00. The van der Waals surface area contributed by atoms with Crippen LogP contribution in [0.2, 0.25) is 0 Å². The van der Waals surface area contributed by atoms with Gasteiger partial charge >= 0.3 is 0 Å². The summed E-state index contributed by atoms with van der Waals surface area (Å²) < 4.78 is 23.5. The minimum absolute atomic E-state index is 0.0792. The summed E-state index contributed by atoms with van der Waals surface area (Å²) in [5.74, 6) is 0.327. The maximum absolute atomic E-state index is 12.3. The van der Waals surface area contributed by atoms with Crippen molar-refractivity contribution in [2.75, 3.05) is 24.3 Å². The molecule has 2 rings (SSSR count). The molecule has 2 heterocycles. The quantitative estimate of drug-likeness (QED) is 0.848. The zero-order valence-corrected chi connectivity index (χ0v) is 11.9. The third kappa shape index (κ3) is 3.01. The molecule has 104 valence electrons. The van der Waals surface area contributed by atoms with Gasteiger partial charge in [-0.15, -0.1) is 0 Å². The first kappa shape index (κ1) is 14.1. The van der Waals surface area contributed by atoms with Crippen molar-refractivity contribution in [2.45, 2.75) is 5.37 Å². The molecule has 0 radical (unpaired) electrons. The number of nitrogens with zero attached hydrogens (tertiary/aromatic N) is 2. The lowest BCUT2D eigenvalue weighted by atomic mass is 10.2. The predicted octanol–water partition coefficient (Wildman–Crippen LogP) is 0.347. The molecule has 19 heavy (non-hydrogen) atoms. The molecule has 1 aromatic rings. The number of aromatic nitrogens is 1. The average molecular weight is 302 g/mol. The lowest BCUT2D eigenvalue weighted by Crippen LogP contribution is -2.49. The summed E-state index contributed by atoms with van der Waals surface area (Å²) in [7, 11) is -3.35. The molecule has 0 spiro atoms. The van der Waals surface area contributed by atoms with Gasteiger partial charge in [0.2, 0.25) is 0 Å². The minimum Gasteiger partial charge on any atom is -0.505 e. The van der Waals surface area contributed by atoms with Crippen molar-refractivity contribution in [3.63, 3.8) is 0 Å². The summed E-state index contributed by atoms with van der Waals surface area (Å²) in [5.41, 5.74) is 0.0792. The van der Waals surface area contributed by atoms with Crippen LogP contribution in [0.1, 0.15) is 10.4 Å². The molecule has 1 aromatic heterocycles. The number of carbonyl (C=O) groups excluding carboxylic acids is 1. The topological polar surface area (TPSA) is 87.6 Å². The van der Waals surface area contributed by atoms with E-state index in [1.807, 2.05) is 0 Å². The van der Waals surface area contributed by atoms with E-state index in [9.17, 15) is 18.3 Å². The molecule has 1 aliphatic rings. The maximum Gasteiger partial charge on any atom is 0.258 e. The van der Waals surface area contributed by atoms with Crippen molar-refractivity contribution in [2.24, 2.45) is 0 Å². The number of aromatic hydroxyl groups is 1. The number of sulfone groups is 1. The first-order chi connectivity index (χ1) is 8.91. The molecule has 0 aliphatic carbocycles. The molecule has 0 saturated carbocycles. The second-order valence-corrected chi connectivity index (χ2v) is 7.60. The van der Waals surface area contributed by atoms with Gasteiger partial charge in [-0.25, -0.2) is 8.42 Å². The first-order valence-electron chi connectivity index (χ1n) is 5.62. The lowest BCUT2D eigenvalue weighted by molar-refractivity contribution is 0.0746. The van der Waals surface area contributed by atoms with Gasteiger partial charge in [-0.1, -0.05) is 0 Å². The van der Waals surface area contributed by atoms with Crippen molar-refractivity contribution < 1.29 is 18.3 Å². The van der Waals surface area contributed by atoms with Crippen molar-refractivity contribution >= 4 is 27.5 Å². The molecule has 1 saturated heterocycles. The van der Waals surface area contributed by atoms with Gasteiger partial charge in [0.1, 0.15) is 11.1 Å². The van der Waals surface area contributed by atoms with Gasteiger partial charge in [0.15, 0.2) is 9.84 Å². The zero-order valence-electron chi connectivity index (χ0n) is 10.3. The number of thioether (sulfide) groups is 1. The number of hydrogen-bond donors (Lipinski definition) is 1. The van der Waals surface area contributed by atoms with Crippen LogP contribution >= 0.6 is 11.8 Å². The van der Waals surface area contributed by atoms with Crippen LogP contribution in [-0.2, 0) is 9.84 Å². The van der Waals surface area contributed by atoms with E-state index in [1.165, 1.54) is 35.1 Å². The van der Waals surface area contributed by atoms with Crippen LogP contribution < -0.4 is 0 Å². The van der Waals surface area contributed by atoms with Crippen LogP contribution in [0, 0.1) is 0 Å². The third-order valence-corrected chi connectivity index (χ3v) is 5.51. The van der Waals surface area contributed by atoms with Crippen LogP contribution in [0.25, 0.3) is 0 Å². The highest BCUT2D eigenvalue weighted by Crippen LogP contribution is 2.24.